The van der Waals surface area contributed by atoms with Crippen molar-refractivity contribution in [3.8, 4) is 0 Å². The van der Waals surface area contributed by atoms with Gasteiger partial charge in [0.2, 0.25) is 5.70 Å². The van der Waals surface area contributed by atoms with Gasteiger partial charge in [0.1, 0.15) is 0 Å². The molecule has 84 valence electrons. The summed E-state index contributed by atoms with van der Waals surface area (Å²) >= 11 is 1.76. The predicted molar refractivity (Wildman–Crippen MR) is 66.4 cm³/mol. The molecule has 0 aromatic carbocycles. The highest BCUT2D eigenvalue weighted by Crippen LogP contribution is 2.35. The summed E-state index contributed by atoms with van der Waals surface area (Å²) in [6.45, 7) is 0. The van der Waals surface area contributed by atoms with Crippen LogP contribution in [0, 0.1) is 10.1 Å². The smallest absolute Gasteiger partial charge is 0.246 e. The van der Waals surface area contributed by atoms with Gasteiger partial charge in [-0.25, -0.2) is 0 Å². The third-order valence-corrected chi connectivity index (χ3v) is 3.77. The lowest BCUT2D eigenvalue weighted by Gasteiger charge is -2.12. The summed E-state index contributed by atoms with van der Waals surface area (Å²) in [4.78, 5) is 12.8. The molecular formula is C12H13NO2S. The first-order valence-corrected chi connectivity index (χ1v) is 6.15. The van der Waals surface area contributed by atoms with E-state index in [1.807, 2.05) is 6.08 Å². The quantitative estimate of drug-likeness (QED) is 0.552. The van der Waals surface area contributed by atoms with Gasteiger partial charge in [-0.15, -0.1) is 0 Å². The molecular weight excluding hydrogens is 222 g/mol. The number of hydrogen-bond donors (Lipinski definition) is 0. The molecule has 0 aromatic heterocycles. The lowest BCUT2D eigenvalue weighted by Crippen LogP contribution is -2.01. The molecule has 16 heavy (non-hydrogen) atoms. The van der Waals surface area contributed by atoms with Crippen molar-refractivity contribution in [2.75, 3.05) is 0 Å². The molecule has 0 amide bonds. The number of nitro groups is 1. The molecule has 2 aliphatic rings. The summed E-state index contributed by atoms with van der Waals surface area (Å²) in [7, 11) is 0. The van der Waals surface area contributed by atoms with Crippen LogP contribution in [0.4, 0.5) is 0 Å². The van der Waals surface area contributed by atoms with Gasteiger partial charge in [0, 0.05) is 12.5 Å². The molecule has 2 rings (SSSR count). The maximum atomic E-state index is 10.5. The van der Waals surface area contributed by atoms with Crippen molar-refractivity contribution in [3.05, 3.63) is 56.0 Å². The van der Waals surface area contributed by atoms with E-state index in [9.17, 15) is 10.1 Å². The van der Waals surface area contributed by atoms with Crippen molar-refractivity contribution in [1.82, 2.24) is 0 Å². The van der Waals surface area contributed by atoms with Gasteiger partial charge in [0.05, 0.1) is 4.92 Å². The fourth-order valence-electron chi connectivity index (χ4n) is 1.68. The normalized spacial score (nSPS) is 19.9. The maximum absolute atomic E-state index is 10.5. The van der Waals surface area contributed by atoms with Crippen LogP contribution in [0.1, 0.15) is 25.7 Å². The molecule has 0 radical (unpaired) electrons. The summed E-state index contributed by atoms with van der Waals surface area (Å²) < 4.78 is 0. The van der Waals surface area contributed by atoms with Crippen LogP contribution in [0.25, 0.3) is 0 Å². The van der Waals surface area contributed by atoms with Crippen molar-refractivity contribution in [1.29, 1.82) is 0 Å². The maximum Gasteiger partial charge on any atom is 0.246 e. The second-order valence-corrected chi connectivity index (χ2v) is 5.00. The first kappa shape index (κ1) is 11.2. The van der Waals surface area contributed by atoms with Gasteiger partial charge < -0.3 is 0 Å². The van der Waals surface area contributed by atoms with Crippen LogP contribution in [0.3, 0.4) is 0 Å². The molecule has 0 bridgehead atoms. The topological polar surface area (TPSA) is 43.1 Å². The Labute approximate surface area is 98.8 Å². The van der Waals surface area contributed by atoms with Gasteiger partial charge in [-0.1, -0.05) is 30.0 Å². The summed E-state index contributed by atoms with van der Waals surface area (Å²) in [5, 5.41) is 10.5. The molecule has 2 aliphatic carbocycles. The molecule has 0 aromatic rings. The zero-order chi connectivity index (χ0) is 11.4. The van der Waals surface area contributed by atoms with E-state index in [-0.39, 0.29) is 4.92 Å². The van der Waals surface area contributed by atoms with E-state index in [1.165, 1.54) is 9.81 Å². The van der Waals surface area contributed by atoms with Gasteiger partial charge in [0.25, 0.3) is 0 Å². The first-order chi connectivity index (χ1) is 7.75. The monoisotopic (exact) mass is 235 g/mol. The fourth-order valence-corrected chi connectivity index (χ4v) is 2.72. The zero-order valence-electron chi connectivity index (χ0n) is 8.89. The van der Waals surface area contributed by atoms with E-state index in [0.29, 0.717) is 12.1 Å². The van der Waals surface area contributed by atoms with Crippen molar-refractivity contribution in [3.63, 3.8) is 0 Å². The minimum absolute atomic E-state index is 0.291. The molecule has 0 saturated heterocycles. The van der Waals surface area contributed by atoms with Crippen LogP contribution in [-0.2, 0) is 0 Å². The van der Waals surface area contributed by atoms with E-state index in [4.69, 9.17) is 0 Å². The summed E-state index contributed by atoms with van der Waals surface area (Å²) in [6, 6.07) is 0. The molecule has 0 aliphatic heterocycles. The molecule has 0 N–H and O–H groups in total. The molecule has 0 atom stereocenters. The van der Waals surface area contributed by atoms with E-state index < -0.39 is 0 Å². The Morgan fingerprint density at radius 3 is 2.50 bits per heavy atom. The Morgan fingerprint density at radius 2 is 1.94 bits per heavy atom. The minimum Gasteiger partial charge on any atom is -0.259 e. The Morgan fingerprint density at radius 1 is 1.12 bits per heavy atom. The fraction of sp³-hybridized carbons (Fsp3) is 0.333. The van der Waals surface area contributed by atoms with E-state index in [0.717, 1.165) is 19.3 Å². The largest absolute Gasteiger partial charge is 0.259 e. The van der Waals surface area contributed by atoms with Gasteiger partial charge in [0.15, 0.2) is 0 Å². The number of rotatable bonds is 3. The van der Waals surface area contributed by atoms with Crippen molar-refractivity contribution >= 4 is 11.8 Å². The van der Waals surface area contributed by atoms with Crippen LogP contribution in [0.2, 0.25) is 0 Å². The Balaban J connectivity index is 1.99. The summed E-state index contributed by atoms with van der Waals surface area (Å²) in [5.74, 6) is 0. The SMILES string of the molecule is O=[N+]([O-])C1=CC=C(SC2=CC=CCC2)CC1. The van der Waals surface area contributed by atoms with Crippen LogP contribution in [0.5, 0.6) is 0 Å². The minimum atomic E-state index is -0.291. The standard InChI is InChI=1S/C12H13NO2S/c14-13(15)10-6-8-12(9-7-10)16-11-4-2-1-3-5-11/h1-2,4,6,8H,3,5,7,9H2. The number of nitrogens with zero attached hydrogens (tertiary/aromatic N) is 1. The zero-order valence-corrected chi connectivity index (χ0v) is 9.70. The molecule has 0 fully saturated rings. The molecule has 0 heterocycles. The molecule has 3 nitrogen and oxygen atoms in total. The van der Waals surface area contributed by atoms with E-state index in [1.54, 1.807) is 17.8 Å². The highest BCUT2D eigenvalue weighted by atomic mass is 32.2. The predicted octanol–water partition coefficient (Wildman–Crippen LogP) is 3.79. The summed E-state index contributed by atoms with van der Waals surface area (Å²) in [6.07, 6.45) is 13.4. The van der Waals surface area contributed by atoms with Gasteiger partial charge in [-0.05, 0) is 35.1 Å². The van der Waals surface area contributed by atoms with Gasteiger partial charge in [-0.3, -0.25) is 10.1 Å². The van der Waals surface area contributed by atoms with Crippen molar-refractivity contribution in [2.24, 2.45) is 0 Å². The van der Waals surface area contributed by atoms with Gasteiger partial charge >= 0.3 is 0 Å². The van der Waals surface area contributed by atoms with Crippen LogP contribution in [-0.4, -0.2) is 4.92 Å². The Kier molecular flexibility index (Phi) is 3.62. The highest BCUT2D eigenvalue weighted by Gasteiger charge is 2.16. The van der Waals surface area contributed by atoms with Gasteiger partial charge in [-0.2, -0.15) is 0 Å². The van der Waals surface area contributed by atoms with Crippen LogP contribution >= 0.6 is 11.8 Å². The van der Waals surface area contributed by atoms with Crippen molar-refractivity contribution in [2.45, 2.75) is 25.7 Å². The Bertz CT molecular complexity index is 419. The van der Waals surface area contributed by atoms with Crippen molar-refractivity contribution < 1.29 is 4.92 Å². The average molecular weight is 235 g/mol. The summed E-state index contributed by atoms with van der Waals surface area (Å²) in [5.41, 5.74) is 0.321. The third kappa shape index (κ3) is 2.85. The highest BCUT2D eigenvalue weighted by molar-refractivity contribution is 8.06. The van der Waals surface area contributed by atoms with E-state index >= 15 is 0 Å². The Hall–Kier alpha value is -1.29. The lowest BCUT2D eigenvalue weighted by atomic mass is 10.1. The third-order valence-electron chi connectivity index (χ3n) is 2.56. The number of thioether (sulfide) groups is 1. The second-order valence-electron chi connectivity index (χ2n) is 3.75. The molecule has 4 heteroatoms. The number of hydrogen-bond acceptors (Lipinski definition) is 3. The molecule has 0 spiro atoms. The molecule has 0 unspecified atom stereocenters. The first-order valence-electron chi connectivity index (χ1n) is 5.33. The second kappa shape index (κ2) is 5.16. The number of allylic oxidation sites excluding steroid dienone is 8. The average Bonchev–Trinajstić information content (AvgIpc) is 2.31. The van der Waals surface area contributed by atoms with Crippen LogP contribution in [0.15, 0.2) is 45.9 Å². The lowest BCUT2D eigenvalue weighted by molar-refractivity contribution is -0.428. The molecule has 0 saturated carbocycles. The van der Waals surface area contributed by atoms with E-state index in [2.05, 4.69) is 18.2 Å². The van der Waals surface area contributed by atoms with Crippen LogP contribution < -0.4 is 0 Å².